The van der Waals surface area contributed by atoms with Crippen molar-refractivity contribution in [1.82, 2.24) is 5.32 Å². The second kappa shape index (κ2) is 10.5. The first-order valence-electron chi connectivity index (χ1n) is 2.22. The number of primary amides is 1. The molecule has 0 saturated carbocycles. The Morgan fingerprint density at radius 1 is 1.50 bits per heavy atom. The summed E-state index contributed by atoms with van der Waals surface area (Å²) in [7, 11) is 0. The van der Waals surface area contributed by atoms with Crippen LogP contribution in [0.25, 0.3) is 0 Å². The fourth-order valence-electron chi connectivity index (χ4n) is 0.0779. The summed E-state index contributed by atoms with van der Waals surface area (Å²) in [5.74, 6) is 0. The minimum absolute atomic E-state index is 0.194. The van der Waals surface area contributed by atoms with Crippen molar-refractivity contribution in [1.29, 1.82) is 0 Å². The van der Waals surface area contributed by atoms with Crippen LogP contribution in [0.4, 0.5) is 4.79 Å². The van der Waals surface area contributed by atoms with Gasteiger partial charge in [-0.1, -0.05) is 0 Å². The Labute approximate surface area is 57.0 Å². The van der Waals surface area contributed by atoms with E-state index in [1.165, 1.54) is 0 Å². The molecule has 0 heterocycles. The lowest BCUT2D eigenvalue weighted by Crippen LogP contribution is -2.29. The van der Waals surface area contributed by atoms with Crippen molar-refractivity contribution in [2.24, 2.45) is 5.73 Å². The summed E-state index contributed by atoms with van der Waals surface area (Å²) >= 11 is 0. The molecule has 2 amide bonds. The molecule has 0 aliphatic carbocycles. The lowest BCUT2D eigenvalue weighted by molar-refractivity contribution is -0.122. The van der Waals surface area contributed by atoms with Gasteiger partial charge in [0.05, 0.1) is 0 Å². The van der Waals surface area contributed by atoms with Crippen LogP contribution in [-0.2, 0) is 9.59 Å². The largest absolute Gasteiger partial charge is 0.376 e. The molecular weight excluding hydrogens is 140 g/mol. The van der Waals surface area contributed by atoms with Crippen molar-refractivity contribution in [2.45, 2.75) is 0 Å². The summed E-state index contributed by atoms with van der Waals surface area (Å²) in [4.78, 5) is 27.2. The maximum atomic E-state index is 9.55. The fraction of sp³-hybridized carbons (Fsp3) is 0.250. The van der Waals surface area contributed by atoms with Crippen LogP contribution >= 0.6 is 0 Å². The number of carbonyl (C=O) groups excluding carboxylic acids is 3. The van der Waals surface area contributed by atoms with Crippen LogP contribution in [0.2, 0.25) is 0 Å². The summed E-state index contributed by atoms with van der Waals surface area (Å²) in [6, 6.07) is -0.711. The number of nitrogens with two attached hydrogens (primary N) is 1. The van der Waals surface area contributed by atoms with Crippen molar-refractivity contribution in [3.8, 4) is 0 Å². The Kier molecular flexibility index (Phi) is 12.0. The van der Waals surface area contributed by atoms with E-state index in [2.05, 4.69) is 5.73 Å². The highest BCUT2D eigenvalue weighted by Crippen LogP contribution is 1.45. The van der Waals surface area contributed by atoms with E-state index in [1.807, 2.05) is 5.32 Å². The van der Waals surface area contributed by atoms with Crippen LogP contribution in [0.1, 0.15) is 0 Å². The summed E-state index contributed by atoms with van der Waals surface area (Å²) in [5, 5.41) is 9.73. The van der Waals surface area contributed by atoms with E-state index < -0.39 is 12.8 Å². The van der Waals surface area contributed by atoms with Crippen LogP contribution < -0.4 is 11.1 Å². The van der Waals surface area contributed by atoms with E-state index in [1.54, 1.807) is 0 Å². The number of rotatable bonds is 2. The smallest absolute Gasteiger partial charge is 0.313 e. The molecule has 0 aromatic carbocycles. The maximum absolute atomic E-state index is 9.55. The standard InChI is InChI=1S/C2H6N2O2.C2H2O2/c3-2(6)4-1-5;3-1-2-4/h5H,1H2,(H3,3,4,6);1-2H. The number of aliphatic hydroxyl groups is 1. The van der Waals surface area contributed by atoms with Gasteiger partial charge in [0.2, 0.25) is 0 Å². The van der Waals surface area contributed by atoms with E-state index in [4.69, 9.17) is 14.7 Å². The zero-order chi connectivity index (χ0) is 8.41. The molecule has 0 bridgehead atoms. The number of amides is 2. The predicted octanol–water partition coefficient (Wildman–Crippen LogP) is -2.01. The molecule has 58 valence electrons. The summed E-state index contributed by atoms with van der Waals surface area (Å²) in [6.07, 6.45) is 0.389. The van der Waals surface area contributed by atoms with Crippen molar-refractivity contribution in [2.75, 3.05) is 6.73 Å². The van der Waals surface area contributed by atoms with Gasteiger partial charge in [0.1, 0.15) is 6.73 Å². The zero-order valence-electron chi connectivity index (χ0n) is 5.11. The van der Waals surface area contributed by atoms with Crippen molar-refractivity contribution < 1.29 is 19.5 Å². The molecule has 6 heteroatoms. The van der Waals surface area contributed by atoms with Crippen LogP contribution in [0.5, 0.6) is 0 Å². The second-order valence-corrected chi connectivity index (χ2v) is 0.971. The molecule has 0 unspecified atom stereocenters. The third-order valence-electron chi connectivity index (χ3n) is 0.309. The maximum Gasteiger partial charge on any atom is 0.313 e. The van der Waals surface area contributed by atoms with Gasteiger partial charge in [0.25, 0.3) is 0 Å². The van der Waals surface area contributed by atoms with Gasteiger partial charge in [-0.3, -0.25) is 9.59 Å². The molecule has 0 radical (unpaired) electrons. The molecule has 0 aromatic rings. The first-order valence-corrected chi connectivity index (χ1v) is 2.22. The highest BCUT2D eigenvalue weighted by molar-refractivity contribution is 6.09. The molecule has 0 aliphatic rings. The fourth-order valence-corrected chi connectivity index (χ4v) is 0.0779. The molecular formula is C4H8N2O4. The zero-order valence-corrected chi connectivity index (χ0v) is 5.11. The van der Waals surface area contributed by atoms with Gasteiger partial charge in [0, 0.05) is 0 Å². The summed E-state index contributed by atoms with van der Waals surface area (Å²) < 4.78 is 0. The Morgan fingerprint density at radius 2 is 1.90 bits per heavy atom. The molecule has 0 aliphatic heterocycles. The summed E-state index contributed by atoms with van der Waals surface area (Å²) in [6.45, 7) is -0.394. The minimum Gasteiger partial charge on any atom is -0.376 e. The number of aldehydes is 2. The number of hydrogen-bond acceptors (Lipinski definition) is 4. The molecule has 0 atom stereocenters. The van der Waals surface area contributed by atoms with E-state index in [0.29, 0.717) is 0 Å². The first kappa shape index (κ1) is 11.4. The van der Waals surface area contributed by atoms with Crippen LogP contribution in [0.15, 0.2) is 0 Å². The Bertz CT molecular complexity index is 108. The van der Waals surface area contributed by atoms with E-state index >= 15 is 0 Å². The minimum atomic E-state index is -0.711. The number of carbonyl (C=O) groups is 3. The van der Waals surface area contributed by atoms with Gasteiger partial charge < -0.3 is 16.2 Å². The molecule has 10 heavy (non-hydrogen) atoms. The number of hydrogen-bond donors (Lipinski definition) is 3. The molecule has 6 nitrogen and oxygen atoms in total. The lowest BCUT2D eigenvalue weighted by Gasteiger charge is -1.88. The number of urea groups is 1. The quantitative estimate of drug-likeness (QED) is 0.239. The average molecular weight is 148 g/mol. The van der Waals surface area contributed by atoms with Gasteiger partial charge in [-0.25, -0.2) is 4.79 Å². The predicted molar refractivity (Wildman–Crippen MR) is 31.9 cm³/mol. The Morgan fingerprint density at radius 3 is 1.90 bits per heavy atom. The Hall–Kier alpha value is -1.43. The van der Waals surface area contributed by atoms with Gasteiger partial charge >= 0.3 is 6.03 Å². The van der Waals surface area contributed by atoms with Crippen molar-refractivity contribution in [3.05, 3.63) is 0 Å². The SMILES string of the molecule is NC(=O)NCO.O=CC=O. The second-order valence-electron chi connectivity index (χ2n) is 0.971. The van der Waals surface area contributed by atoms with E-state index in [0.717, 1.165) is 0 Å². The van der Waals surface area contributed by atoms with E-state index in [9.17, 15) is 4.79 Å². The number of nitrogens with one attached hydrogen (secondary N) is 1. The average Bonchev–Trinajstić information content (AvgIpc) is 1.89. The van der Waals surface area contributed by atoms with Gasteiger partial charge in [-0.15, -0.1) is 0 Å². The van der Waals surface area contributed by atoms with Crippen molar-refractivity contribution in [3.63, 3.8) is 0 Å². The Balaban J connectivity index is 0. The monoisotopic (exact) mass is 148 g/mol. The van der Waals surface area contributed by atoms with Gasteiger partial charge in [-0.2, -0.15) is 0 Å². The van der Waals surface area contributed by atoms with Gasteiger partial charge in [-0.05, 0) is 0 Å². The molecule has 4 N–H and O–H groups in total. The first-order chi connectivity index (χ1) is 4.68. The van der Waals surface area contributed by atoms with Crippen LogP contribution in [-0.4, -0.2) is 30.4 Å². The summed E-state index contributed by atoms with van der Waals surface area (Å²) in [5.41, 5.74) is 4.49. The molecule has 0 aromatic heterocycles. The lowest BCUT2D eigenvalue weighted by atomic mass is 10.9. The molecule has 0 saturated heterocycles. The van der Waals surface area contributed by atoms with Crippen LogP contribution in [0.3, 0.4) is 0 Å². The van der Waals surface area contributed by atoms with E-state index in [-0.39, 0.29) is 12.6 Å². The van der Waals surface area contributed by atoms with Crippen LogP contribution in [0, 0.1) is 0 Å². The molecule has 0 spiro atoms. The van der Waals surface area contributed by atoms with Gasteiger partial charge in [0.15, 0.2) is 12.6 Å². The molecule has 0 rings (SSSR count). The van der Waals surface area contributed by atoms with Crippen molar-refractivity contribution >= 4 is 18.6 Å². The highest BCUT2D eigenvalue weighted by Gasteiger charge is 1.80. The number of aliphatic hydroxyl groups excluding tert-OH is 1. The topological polar surface area (TPSA) is 109 Å². The highest BCUT2D eigenvalue weighted by atomic mass is 16.3. The normalized spacial score (nSPS) is 6.50. The molecule has 0 fully saturated rings. The third-order valence-corrected chi connectivity index (χ3v) is 0.309. The third kappa shape index (κ3) is 30.9.